The van der Waals surface area contributed by atoms with Crippen LogP contribution >= 0.6 is 0 Å². The van der Waals surface area contributed by atoms with Gasteiger partial charge in [-0.05, 0) is 13.3 Å². The zero-order valence-electron chi connectivity index (χ0n) is 11.0. The zero-order valence-corrected chi connectivity index (χ0v) is 11.0. The molecule has 19 heavy (non-hydrogen) atoms. The predicted octanol–water partition coefficient (Wildman–Crippen LogP) is 1.10. The van der Waals surface area contributed by atoms with E-state index < -0.39 is 12.0 Å². The van der Waals surface area contributed by atoms with E-state index in [0.717, 1.165) is 17.8 Å². The number of carboxylic acids is 1. The fourth-order valence-corrected chi connectivity index (χ4v) is 2.29. The number of hydrogen-bond acceptors (Lipinski definition) is 3. The normalized spacial score (nSPS) is 19.2. The third kappa shape index (κ3) is 2.52. The van der Waals surface area contributed by atoms with E-state index in [2.05, 4.69) is 9.97 Å². The molecule has 1 unspecified atom stereocenters. The molecule has 0 spiro atoms. The minimum atomic E-state index is -0.994. The van der Waals surface area contributed by atoms with Gasteiger partial charge in [-0.3, -0.25) is 4.79 Å². The predicted molar refractivity (Wildman–Crippen MR) is 68.3 cm³/mol. The molecule has 0 saturated carbocycles. The van der Waals surface area contributed by atoms with Gasteiger partial charge in [0.1, 0.15) is 6.04 Å². The number of aromatic amines is 1. The van der Waals surface area contributed by atoms with Crippen molar-refractivity contribution in [2.24, 2.45) is 0 Å². The molecule has 1 aromatic heterocycles. The van der Waals surface area contributed by atoms with Crippen LogP contribution in [-0.4, -0.2) is 37.9 Å². The lowest BCUT2D eigenvalue weighted by atomic mass is 10.0. The highest BCUT2D eigenvalue weighted by atomic mass is 16.4. The molecule has 0 bridgehead atoms. The second kappa shape index (κ2) is 5.26. The number of amides is 1. The number of fused-ring (bicyclic) bond motifs is 1. The van der Waals surface area contributed by atoms with E-state index in [-0.39, 0.29) is 18.9 Å². The minimum absolute atomic E-state index is 0.227. The molecule has 1 atom stereocenters. The Kier molecular flexibility index (Phi) is 3.69. The molecule has 2 N–H and O–H groups in total. The van der Waals surface area contributed by atoms with Crippen molar-refractivity contribution in [3.05, 3.63) is 29.4 Å². The molecular formula is C13H17N3O3. The minimum Gasteiger partial charge on any atom is -0.480 e. The Morgan fingerprint density at radius 1 is 1.63 bits per heavy atom. The van der Waals surface area contributed by atoms with E-state index in [0.29, 0.717) is 5.57 Å². The molecule has 0 aliphatic carbocycles. The molecule has 0 aromatic carbocycles. The van der Waals surface area contributed by atoms with E-state index in [9.17, 15) is 14.7 Å². The molecule has 2 heterocycles. The first kappa shape index (κ1) is 13.3. The van der Waals surface area contributed by atoms with Crippen LogP contribution in [-0.2, 0) is 22.6 Å². The lowest BCUT2D eigenvalue weighted by Crippen LogP contribution is -2.49. The summed E-state index contributed by atoms with van der Waals surface area (Å²) in [5.74, 6) is -1.22. The second-order valence-electron chi connectivity index (χ2n) is 4.61. The molecule has 6 heteroatoms. The highest BCUT2D eigenvalue weighted by molar-refractivity contribution is 5.95. The van der Waals surface area contributed by atoms with Gasteiger partial charge in [-0.25, -0.2) is 9.78 Å². The Balaban J connectivity index is 2.30. The maximum atomic E-state index is 12.3. The standard InChI is InChI=1S/C13H17N3O3/c1-3-4-8(2)12(17)16-6-10-9(14-7-15-10)5-11(16)13(18)19/h4,7,11H,3,5-6H2,1-2H3,(H,14,15)(H,18,19). The highest BCUT2D eigenvalue weighted by Gasteiger charge is 2.36. The van der Waals surface area contributed by atoms with Crippen molar-refractivity contribution < 1.29 is 14.7 Å². The molecule has 2 rings (SSSR count). The summed E-state index contributed by atoms with van der Waals surface area (Å²) < 4.78 is 0. The van der Waals surface area contributed by atoms with Crippen LogP contribution in [0.5, 0.6) is 0 Å². The molecule has 1 aliphatic rings. The van der Waals surface area contributed by atoms with Crippen molar-refractivity contribution in [1.29, 1.82) is 0 Å². The van der Waals surface area contributed by atoms with Gasteiger partial charge in [0.2, 0.25) is 5.91 Å². The fraction of sp³-hybridized carbons (Fsp3) is 0.462. The van der Waals surface area contributed by atoms with Gasteiger partial charge in [-0.2, -0.15) is 0 Å². The molecule has 1 aromatic rings. The number of carboxylic acid groups (broad SMARTS) is 1. The van der Waals surface area contributed by atoms with Crippen LogP contribution in [0.1, 0.15) is 31.7 Å². The van der Waals surface area contributed by atoms with Gasteiger partial charge in [0.05, 0.1) is 24.3 Å². The van der Waals surface area contributed by atoms with Crippen LogP contribution < -0.4 is 0 Å². The fourth-order valence-electron chi connectivity index (χ4n) is 2.29. The summed E-state index contributed by atoms with van der Waals surface area (Å²) in [5, 5.41) is 9.28. The first-order valence-electron chi connectivity index (χ1n) is 6.26. The summed E-state index contributed by atoms with van der Waals surface area (Å²) >= 11 is 0. The van der Waals surface area contributed by atoms with Crippen LogP contribution in [0.4, 0.5) is 0 Å². The van der Waals surface area contributed by atoms with Crippen molar-refractivity contribution in [1.82, 2.24) is 14.9 Å². The maximum Gasteiger partial charge on any atom is 0.326 e. The van der Waals surface area contributed by atoms with Crippen LogP contribution in [0, 0.1) is 0 Å². The molecule has 0 radical (unpaired) electrons. The average molecular weight is 263 g/mol. The van der Waals surface area contributed by atoms with E-state index in [4.69, 9.17) is 0 Å². The van der Waals surface area contributed by atoms with Gasteiger partial charge in [0, 0.05) is 12.0 Å². The smallest absolute Gasteiger partial charge is 0.326 e. The first-order valence-corrected chi connectivity index (χ1v) is 6.26. The van der Waals surface area contributed by atoms with Crippen molar-refractivity contribution >= 4 is 11.9 Å². The first-order chi connectivity index (χ1) is 9.04. The number of rotatable bonds is 3. The Hall–Kier alpha value is -2.11. The number of carbonyl (C=O) groups is 2. The summed E-state index contributed by atoms with van der Waals surface area (Å²) in [6.45, 7) is 3.92. The number of allylic oxidation sites excluding steroid dienone is 1. The number of nitrogens with zero attached hydrogens (tertiary/aromatic N) is 2. The van der Waals surface area contributed by atoms with E-state index in [1.54, 1.807) is 6.92 Å². The van der Waals surface area contributed by atoms with Crippen molar-refractivity contribution in [2.45, 2.75) is 39.3 Å². The second-order valence-corrected chi connectivity index (χ2v) is 4.61. The van der Waals surface area contributed by atoms with Gasteiger partial charge >= 0.3 is 5.97 Å². The molecule has 6 nitrogen and oxygen atoms in total. The van der Waals surface area contributed by atoms with Crippen molar-refractivity contribution in [2.75, 3.05) is 0 Å². The molecular weight excluding hydrogens is 246 g/mol. The number of carbonyl (C=O) groups excluding carboxylic acids is 1. The third-order valence-electron chi connectivity index (χ3n) is 3.29. The Labute approximate surface area is 111 Å². The Morgan fingerprint density at radius 3 is 3.00 bits per heavy atom. The van der Waals surface area contributed by atoms with E-state index >= 15 is 0 Å². The van der Waals surface area contributed by atoms with Crippen LogP contribution in [0.2, 0.25) is 0 Å². The molecule has 1 amide bonds. The lowest BCUT2D eigenvalue weighted by Gasteiger charge is -2.32. The number of aromatic nitrogens is 2. The summed E-state index contributed by atoms with van der Waals surface area (Å²) in [7, 11) is 0. The third-order valence-corrected chi connectivity index (χ3v) is 3.29. The van der Waals surface area contributed by atoms with Crippen molar-refractivity contribution in [3.63, 3.8) is 0 Å². The van der Waals surface area contributed by atoms with Crippen LogP contribution in [0.15, 0.2) is 18.0 Å². The Morgan fingerprint density at radius 2 is 2.37 bits per heavy atom. The quantitative estimate of drug-likeness (QED) is 0.800. The van der Waals surface area contributed by atoms with E-state index in [1.165, 1.54) is 11.2 Å². The van der Waals surface area contributed by atoms with Gasteiger partial charge in [-0.1, -0.05) is 13.0 Å². The van der Waals surface area contributed by atoms with Crippen molar-refractivity contribution in [3.8, 4) is 0 Å². The summed E-state index contributed by atoms with van der Waals surface area (Å²) in [6.07, 6.45) is 4.34. The molecule has 0 fully saturated rings. The van der Waals surface area contributed by atoms with Gasteiger partial charge in [0.25, 0.3) is 0 Å². The largest absolute Gasteiger partial charge is 0.480 e. The average Bonchev–Trinajstić information content (AvgIpc) is 2.83. The van der Waals surface area contributed by atoms with Crippen LogP contribution in [0.25, 0.3) is 0 Å². The molecule has 1 aliphatic heterocycles. The van der Waals surface area contributed by atoms with Crippen LogP contribution in [0.3, 0.4) is 0 Å². The zero-order chi connectivity index (χ0) is 14.0. The summed E-state index contributed by atoms with van der Waals surface area (Å²) in [5.41, 5.74) is 2.13. The molecule has 0 saturated heterocycles. The highest BCUT2D eigenvalue weighted by Crippen LogP contribution is 2.22. The lowest BCUT2D eigenvalue weighted by molar-refractivity contribution is -0.149. The summed E-state index contributed by atoms with van der Waals surface area (Å²) in [4.78, 5) is 32.1. The summed E-state index contributed by atoms with van der Waals surface area (Å²) in [6, 6.07) is -0.844. The number of H-pyrrole nitrogens is 1. The topological polar surface area (TPSA) is 86.3 Å². The van der Waals surface area contributed by atoms with E-state index in [1.807, 2.05) is 13.0 Å². The SMILES string of the molecule is CCC=C(C)C(=O)N1Cc2[nH]cnc2CC1C(=O)O. The number of aliphatic carboxylic acids is 1. The number of nitrogens with one attached hydrogen (secondary N) is 1. The molecule has 102 valence electrons. The monoisotopic (exact) mass is 263 g/mol. The Bertz CT molecular complexity index is 533. The number of imidazole rings is 1. The van der Waals surface area contributed by atoms with Gasteiger partial charge in [0.15, 0.2) is 0 Å². The van der Waals surface area contributed by atoms with Gasteiger partial charge in [-0.15, -0.1) is 0 Å². The number of hydrogen-bond donors (Lipinski definition) is 2. The van der Waals surface area contributed by atoms with Gasteiger partial charge < -0.3 is 15.0 Å². The maximum absolute atomic E-state index is 12.3.